The summed E-state index contributed by atoms with van der Waals surface area (Å²) in [5.74, 6) is -0.642. The number of alkyl halides is 3. The van der Waals surface area contributed by atoms with Crippen LogP contribution >= 0.6 is 0 Å². The Labute approximate surface area is 123 Å². The number of aromatic nitrogens is 1. The molecule has 2 N–H and O–H groups in total. The van der Waals surface area contributed by atoms with E-state index in [0.717, 1.165) is 18.3 Å². The lowest BCUT2D eigenvalue weighted by molar-refractivity contribution is -0.137. The van der Waals surface area contributed by atoms with Crippen LogP contribution in [0, 0.1) is 0 Å². The molecule has 0 bridgehead atoms. The van der Waals surface area contributed by atoms with Crippen LogP contribution in [0.4, 0.5) is 19.0 Å². The van der Waals surface area contributed by atoms with Crippen LogP contribution in [0.1, 0.15) is 15.9 Å². The summed E-state index contributed by atoms with van der Waals surface area (Å²) in [5.41, 5.74) is -0.507. The Morgan fingerprint density at radius 3 is 2.32 bits per heavy atom. The number of nitrogens with zero attached hydrogens (tertiary/aromatic N) is 1. The highest BCUT2D eigenvalue weighted by molar-refractivity contribution is 6.03. The largest absolute Gasteiger partial charge is 0.483 e. The molecule has 0 spiro atoms. The van der Waals surface area contributed by atoms with E-state index in [-0.39, 0.29) is 12.3 Å². The summed E-state index contributed by atoms with van der Waals surface area (Å²) in [6.45, 7) is -0.250. The van der Waals surface area contributed by atoms with Crippen LogP contribution in [0.5, 0.6) is 0 Å². The smallest absolute Gasteiger partial charge is 0.416 e. The third-order valence-corrected chi connectivity index (χ3v) is 2.36. The van der Waals surface area contributed by atoms with Crippen LogP contribution in [-0.2, 0) is 11.0 Å². The molecule has 0 atom stereocenters. The van der Waals surface area contributed by atoms with Gasteiger partial charge in [-0.05, 0) is 24.3 Å². The van der Waals surface area contributed by atoms with E-state index in [1.165, 1.54) is 0 Å². The third kappa shape index (κ3) is 5.23. The molecule has 0 saturated heterocycles. The van der Waals surface area contributed by atoms with Crippen molar-refractivity contribution in [2.75, 3.05) is 5.32 Å². The van der Waals surface area contributed by atoms with Gasteiger partial charge in [-0.15, -0.1) is 0 Å². The van der Waals surface area contributed by atoms with E-state index in [0.29, 0.717) is 5.56 Å². The first-order valence-electron chi connectivity index (χ1n) is 5.86. The van der Waals surface area contributed by atoms with Gasteiger partial charge < -0.3 is 10.4 Å². The van der Waals surface area contributed by atoms with Crippen molar-refractivity contribution >= 4 is 18.2 Å². The van der Waals surface area contributed by atoms with Gasteiger partial charge in [0.1, 0.15) is 5.82 Å². The summed E-state index contributed by atoms with van der Waals surface area (Å²) in [6, 6.07) is 9.81. The quantitative estimate of drug-likeness (QED) is 0.835. The van der Waals surface area contributed by atoms with Gasteiger partial charge in [0.05, 0.1) is 5.56 Å². The normalized spacial score (nSPS) is 10.1. The van der Waals surface area contributed by atoms with E-state index in [9.17, 15) is 18.0 Å². The molecule has 1 aromatic carbocycles. The van der Waals surface area contributed by atoms with Crippen molar-refractivity contribution in [1.82, 2.24) is 4.98 Å². The van der Waals surface area contributed by atoms with Crippen molar-refractivity contribution in [1.29, 1.82) is 0 Å². The number of amides is 1. The lowest BCUT2D eigenvalue weighted by Crippen LogP contribution is -2.14. The molecule has 2 aromatic rings. The van der Waals surface area contributed by atoms with E-state index >= 15 is 0 Å². The van der Waals surface area contributed by atoms with E-state index in [4.69, 9.17) is 9.90 Å². The maximum Gasteiger partial charge on any atom is 0.416 e. The number of benzene rings is 1. The minimum Gasteiger partial charge on any atom is -0.483 e. The number of pyridine rings is 1. The van der Waals surface area contributed by atoms with E-state index in [1.54, 1.807) is 30.3 Å². The summed E-state index contributed by atoms with van der Waals surface area (Å²) in [4.78, 5) is 23.8. The average Bonchev–Trinajstić information content (AvgIpc) is 2.48. The lowest BCUT2D eigenvalue weighted by atomic mass is 10.2. The zero-order chi connectivity index (χ0) is 16.6. The zero-order valence-electron chi connectivity index (χ0n) is 11.0. The summed E-state index contributed by atoms with van der Waals surface area (Å²) in [5, 5.41) is 9.21. The van der Waals surface area contributed by atoms with Gasteiger partial charge in [0.2, 0.25) is 0 Å². The highest BCUT2D eigenvalue weighted by Crippen LogP contribution is 2.29. The molecule has 1 heterocycles. The SMILES string of the molecule is O=C(Nc1cc(C(F)(F)F)ccn1)c1ccccc1.O=CO. The highest BCUT2D eigenvalue weighted by Gasteiger charge is 2.30. The average molecular weight is 312 g/mol. The molecule has 116 valence electrons. The molecule has 0 aliphatic carbocycles. The van der Waals surface area contributed by atoms with Gasteiger partial charge in [0.15, 0.2) is 0 Å². The van der Waals surface area contributed by atoms with Crippen molar-refractivity contribution < 1.29 is 27.9 Å². The maximum atomic E-state index is 12.5. The Kier molecular flexibility index (Phi) is 6.06. The fourth-order valence-electron chi connectivity index (χ4n) is 1.45. The second-order valence-electron chi connectivity index (χ2n) is 3.85. The number of carboxylic acid groups (broad SMARTS) is 1. The number of carbonyl (C=O) groups is 2. The van der Waals surface area contributed by atoms with Crippen LogP contribution in [0.15, 0.2) is 48.7 Å². The Morgan fingerprint density at radius 2 is 1.77 bits per heavy atom. The summed E-state index contributed by atoms with van der Waals surface area (Å²) < 4.78 is 37.5. The molecular formula is C14H11F3N2O3. The fourth-order valence-corrected chi connectivity index (χ4v) is 1.45. The predicted molar refractivity (Wildman–Crippen MR) is 72.3 cm³/mol. The van der Waals surface area contributed by atoms with E-state index in [2.05, 4.69) is 10.3 Å². The van der Waals surface area contributed by atoms with Gasteiger partial charge in [0, 0.05) is 11.8 Å². The first-order chi connectivity index (χ1) is 10.4. The van der Waals surface area contributed by atoms with Crippen molar-refractivity contribution in [2.45, 2.75) is 6.18 Å². The number of carbonyl (C=O) groups excluding carboxylic acids is 1. The molecule has 0 fully saturated rings. The van der Waals surface area contributed by atoms with Crippen LogP contribution in [-0.4, -0.2) is 22.5 Å². The minimum absolute atomic E-state index is 0.135. The molecule has 0 saturated carbocycles. The summed E-state index contributed by atoms with van der Waals surface area (Å²) in [7, 11) is 0. The number of hydrogen-bond donors (Lipinski definition) is 2. The second-order valence-corrected chi connectivity index (χ2v) is 3.85. The summed E-state index contributed by atoms with van der Waals surface area (Å²) >= 11 is 0. The van der Waals surface area contributed by atoms with Gasteiger partial charge in [-0.25, -0.2) is 4.98 Å². The Hall–Kier alpha value is -2.90. The molecule has 22 heavy (non-hydrogen) atoms. The molecule has 0 aliphatic heterocycles. The van der Waals surface area contributed by atoms with Crippen molar-refractivity contribution in [3.63, 3.8) is 0 Å². The molecule has 8 heteroatoms. The van der Waals surface area contributed by atoms with Gasteiger partial charge in [0.25, 0.3) is 12.4 Å². The van der Waals surface area contributed by atoms with Crippen LogP contribution in [0.25, 0.3) is 0 Å². The number of hydrogen-bond acceptors (Lipinski definition) is 3. The summed E-state index contributed by atoms with van der Waals surface area (Å²) in [6.07, 6.45) is -3.46. The lowest BCUT2D eigenvalue weighted by Gasteiger charge is -2.09. The minimum atomic E-state index is -4.46. The van der Waals surface area contributed by atoms with Crippen LogP contribution < -0.4 is 5.32 Å². The Morgan fingerprint density at radius 1 is 1.18 bits per heavy atom. The molecular weight excluding hydrogens is 301 g/mol. The van der Waals surface area contributed by atoms with Crippen molar-refractivity contribution in [3.05, 3.63) is 59.8 Å². The number of anilines is 1. The van der Waals surface area contributed by atoms with E-state index < -0.39 is 17.6 Å². The van der Waals surface area contributed by atoms with Gasteiger partial charge in [-0.3, -0.25) is 9.59 Å². The maximum absolute atomic E-state index is 12.5. The molecule has 0 aliphatic rings. The number of rotatable bonds is 2. The van der Waals surface area contributed by atoms with Crippen LogP contribution in [0.2, 0.25) is 0 Å². The number of nitrogens with one attached hydrogen (secondary N) is 1. The standard InChI is InChI=1S/C13H9F3N2O.CH2O2/c14-13(15,16)10-6-7-17-11(8-10)18-12(19)9-4-2-1-3-5-9;2-1-3/h1-8H,(H,17,18,19);1H,(H,2,3). The molecule has 1 amide bonds. The van der Waals surface area contributed by atoms with Crippen LogP contribution in [0.3, 0.4) is 0 Å². The van der Waals surface area contributed by atoms with Gasteiger partial charge in [-0.1, -0.05) is 18.2 Å². The fraction of sp³-hybridized carbons (Fsp3) is 0.0714. The Bertz CT molecular complexity index is 631. The monoisotopic (exact) mass is 312 g/mol. The molecule has 5 nitrogen and oxygen atoms in total. The number of halogens is 3. The highest BCUT2D eigenvalue weighted by atomic mass is 19.4. The van der Waals surface area contributed by atoms with Gasteiger partial charge in [-0.2, -0.15) is 13.2 Å². The van der Waals surface area contributed by atoms with Crippen molar-refractivity contribution in [2.24, 2.45) is 0 Å². The first-order valence-corrected chi connectivity index (χ1v) is 5.86. The molecule has 0 radical (unpaired) electrons. The molecule has 1 aromatic heterocycles. The first kappa shape index (κ1) is 17.2. The topological polar surface area (TPSA) is 79.3 Å². The van der Waals surface area contributed by atoms with E-state index in [1.807, 2.05) is 0 Å². The Balaban J connectivity index is 0.000000745. The van der Waals surface area contributed by atoms with Crippen molar-refractivity contribution in [3.8, 4) is 0 Å². The third-order valence-electron chi connectivity index (χ3n) is 2.36. The molecule has 2 rings (SSSR count). The predicted octanol–water partition coefficient (Wildman–Crippen LogP) is 3.05. The van der Waals surface area contributed by atoms with Gasteiger partial charge >= 0.3 is 6.18 Å². The zero-order valence-corrected chi connectivity index (χ0v) is 11.0. The second kappa shape index (κ2) is 7.77. The molecule has 0 unspecified atom stereocenters.